The highest BCUT2D eigenvalue weighted by Crippen LogP contribution is 2.39. The van der Waals surface area contributed by atoms with Crippen LogP contribution in [0.2, 0.25) is 0 Å². The maximum Gasteiger partial charge on any atom is 0.226 e. The molecule has 5 heteroatoms. The Morgan fingerprint density at radius 1 is 1.00 bits per heavy atom. The van der Waals surface area contributed by atoms with E-state index in [1.165, 1.54) is 73.8 Å². The first-order chi connectivity index (χ1) is 15.2. The van der Waals surface area contributed by atoms with Crippen LogP contribution >= 0.6 is 11.3 Å². The van der Waals surface area contributed by atoms with Crippen LogP contribution in [0.25, 0.3) is 11.3 Å². The smallest absolute Gasteiger partial charge is 0.226 e. The van der Waals surface area contributed by atoms with Gasteiger partial charge >= 0.3 is 0 Å². The summed E-state index contributed by atoms with van der Waals surface area (Å²) in [6, 6.07) is 6.17. The van der Waals surface area contributed by atoms with Crippen molar-refractivity contribution in [1.82, 2.24) is 4.98 Å². The molecule has 1 aliphatic carbocycles. The Bertz CT molecular complexity index is 831. The van der Waals surface area contributed by atoms with Gasteiger partial charge in [-0.3, -0.25) is 4.79 Å². The predicted octanol–water partition coefficient (Wildman–Crippen LogP) is 7.56. The Labute approximate surface area is 191 Å². The number of hydrogen-bond acceptors (Lipinski definition) is 4. The first-order valence-corrected chi connectivity index (χ1v) is 13.0. The van der Waals surface area contributed by atoms with Crippen molar-refractivity contribution in [3.8, 4) is 17.0 Å². The second-order valence-electron chi connectivity index (χ2n) is 8.65. The summed E-state index contributed by atoms with van der Waals surface area (Å²) in [5.41, 5.74) is 3.47. The van der Waals surface area contributed by atoms with Gasteiger partial charge in [-0.2, -0.15) is 0 Å². The number of nitrogens with one attached hydrogen (secondary N) is 1. The highest BCUT2D eigenvalue weighted by molar-refractivity contribution is 7.16. The van der Waals surface area contributed by atoms with Crippen LogP contribution in [0.1, 0.15) is 94.4 Å². The van der Waals surface area contributed by atoms with Gasteiger partial charge in [0.25, 0.3) is 0 Å². The lowest BCUT2D eigenvalue weighted by molar-refractivity contribution is -0.116. The lowest BCUT2D eigenvalue weighted by Crippen LogP contribution is -2.10. The van der Waals surface area contributed by atoms with Crippen molar-refractivity contribution in [2.75, 3.05) is 12.4 Å². The quantitative estimate of drug-likeness (QED) is 0.307. The minimum atomic E-state index is 0.0944. The molecular formula is C26H38N2O2S. The van der Waals surface area contributed by atoms with Gasteiger partial charge in [0.15, 0.2) is 5.13 Å². The van der Waals surface area contributed by atoms with Gasteiger partial charge < -0.3 is 10.1 Å². The number of ether oxygens (including phenoxy) is 1. The highest BCUT2D eigenvalue weighted by atomic mass is 32.1. The zero-order chi connectivity index (χ0) is 21.9. The molecule has 2 aromatic rings. The predicted molar refractivity (Wildman–Crippen MR) is 131 cm³/mol. The van der Waals surface area contributed by atoms with Crippen molar-refractivity contribution in [2.45, 2.75) is 96.8 Å². The van der Waals surface area contributed by atoms with Gasteiger partial charge in [0.2, 0.25) is 5.91 Å². The first-order valence-electron chi connectivity index (χ1n) is 12.2. The van der Waals surface area contributed by atoms with Crippen LogP contribution < -0.4 is 10.1 Å². The number of carbonyl (C=O) groups excluding carboxylic acids is 1. The van der Waals surface area contributed by atoms with Crippen molar-refractivity contribution >= 4 is 22.4 Å². The Hall–Kier alpha value is -1.88. The third-order valence-corrected chi connectivity index (χ3v) is 7.17. The molecule has 1 aromatic carbocycles. The second kappa shape index (κ2) is 12.8. The van der Waals surface area contributed by atoms with Gasteiger partial charge in [0.05, 0.1) is 12.8 Å². The van der Waals surface area contributed by atoms with Crippen LogP contribution in [0.3, 0.4) is 0 Å². The molecular weight excluding hydrogens is 404 g/mol. The topological polar surface area (TPSA) is 51.2 Å². The molecule has 4 nitrogen and oxygen atoms in total. The fourth-order valence-electron chi connectivity index (χ4n) is 4.30. The molecule has 0 bridgehead atoms. The number of anilines is 1. The Kier molecular flexibility index (Phi) is 9.85. The summed E-state index contributed by atoms with van der Waals surface area (Å²) in [7, 11) is 1.70. The zero-order valence-corrected chi connectivity index (χ0v) is 20.1. The third-order valence-electron chi connectivity index (χ3n) is 6.14. The minimum Gasteiger partial charge on any atom is -0.497 e. The number of fused-ring (bicyclic) bond motifs is 3. The number of rotatable bonds is 14. The SMILES string of the molecule is CCCCCCCCCCCCCC(=O)Nc1nc2c(s1)CCc1cc(OC)ccc1-2. The second-order valence-corrected chi connectivity index (χ2v) is 9.73. The molecule has 1 heterocycles. The van der Waals surface area contributed by atoms with Crippen LogP contribution in [-0.2, 0) is 17.6 Å². The van der Waals surface area contributed by atoms with Gasteiger partial charge in [-0.15, -0.1) is 11.3 Å². The lowest BCUT2D eigenvalue weighted by Gasteiger charge is -2.15. The van der Waals surface area contributed by atoms with E-state index in [-0.39, 0.29) is 5.91 Å². The number of aryl methyl sites for hydroxylation is 2. The summed E-state index contributed by atoms with van der Waals surface area (Å²) >= 11 is 1.62. The van der Waals surface area contributed by atoms with E-state index in [1.807, 2.05) is 6.07 Å². The van der Waals surface area contributed by atoms with Crippen LogP contribution in [0.4, 0.5) is 5.13 Å². The van der Waals surface area contributed by atoms with Crippen molar-refractivity contribution in [1.29, 1.82) is 0 Å². The number of aromatic nitrogens is 1. The number of nitrogens with zero attached hydrogens (tertiary/aromatic N) is 1. The number of carbonyl (C=O) groups is 1. The Morgan fingerprint density at radius 3 is 2.35 bits per heavy atom. The normalized spacial score (nSPS) is 12.3. The van der Waals surface area contributed by atoms with Crippen LogP contribution in [-0.4, -0.2) is 18.0 Å². The minimum absolute atomic E-state index is 0.0944. The summed E-state index contributed by atoms with van der Waals surface area (Å²) in [4.78, 5) is 18.4. The summed E-state index contributed by atoms with van der Waals surface area (Å²) < 4.78 is 5.34. The molecule has 0 unspecified atom stereocenters. The molecule has 0 atom stereocenters. The molecule has 0 saturated carbocycles. The lowest BCUT2D eigenvalue weighted by atomic mass is 9.93. The molecule has 3 rings (SSSR count). The molecule has 31 heavy (non-hydrogen) atoms. The van der Waals surface area contributed by atoms with Crippen molar-refractivity contribution < 1.29 is 9.53 Å². The molecule has 0 radical (unpaired) electrons. The fraction of sp³-hybridized carbons (Fsp3) is 0.615. The van der Waals surface area contributed by atoms with Crippen LogP contribution in [0, 0.1) is 0 Å². The number of thiazole rings is 1. The van der Waals surface area contributed by atoms with Crippen molar-refractivity contribution in [2.24, 2.45) is 0 Å². The largest absolute Gasteiger partial charge is 0.497 e. The first kappa shape index (κ1) is 23.8. The van der Waals surface area contributed by atoms with E-state index >= 15 is 0 Å². The van der Waals surface area contributed by atoms with E-state index in [4.69, 9.17) is 9.72 Å². The summed E-state index contributed by atoms with van der Waals surface area (Å²) in [5, 5.41) is 3.77. The molecule has 0 saturated heterocycles. The number of methoxy groups -OCH3 is 1. The molecule has 1 amide bonds. The molecule has 0 aliphatic heterocycles. The summed E-state index contributed by atoms with van der Waals surface area (Å²) in [6.07, 6.45) is 16.8. The number of unbranched alkanes of at least 4 members (excludes halogenated alkanes) is 10. The summed E-state index contributed by atoms with van der Waals surface area (Å²) in [5.74, 6) is 0.981. The average Bonchev–Trinajstić information content (AvgIpc) is 3.19. The molecule has 1 aromatic heterocycles. The molecule has 1 aliphatic rings. The average molecular weight is 443 g/mol. The number of amides is 1. The van der Waals surface area contributed by atoms with Crippen LogP contribution in [0.15, 0.2) is 18.2 Å². The monoisotopic (exact) mass is 442 g/mol. The molecule has 0 fully saturated rings. The van der Waals surface area contributed by atoms with E-state index in [9.17, 15) is 4.79 Å². The van der Waals surface area contributed by atoms with Gasteiger partial charge in [-0.25, -0.2) is 4.98 Å². The van der Waals surface area contributed by atoms with E-state index in [1.54, 1.807) is 18.4 Å². The molecule has 170 valence electrons. The Morgan fingerprint density at radius 2 is 1.68 bits per heavy atom. The number of hydrogen-bond donors (Lipinski definition) is 1. The van der Waals surface area contributed by atoms with Gasteiger partial charge in [0, 0.05) is 16.9 Å². The van der Waals surface area contributed by atoms with E-state index in [0.717, 1.165) is 42.3 Å². The van der Waals surface area contributed by atoms with Crippen LogP contribution in [0.5, 0.6) is 5.75 Å². The van der Waals surface area contributed by atoms with Gasteiger partial charge in [-0.05, 0) is 43.0 Å². The van der Waals surface area contributed by atoms with E-state index < -0.39 is 0 Å². The third kappa shape index (κ3) is 7.34. The maximum atomic E-state index is 12.4. The molecule has 1 N–H and O–H groups in total. The van der Waals surface area contributed by atoms with Gasteiger partial charge in [0.1, 0.15) is 5.75 Å². The van der Waals surface area contributed by atoms with E-state index in [2.05, 4.69) is 24.4 Å². The number of benzene rings is 1. The van der Waals surface area contributed by atoms with E-state index in [0.29, 0.717) is 6.42 Å². The fourth-order valence-corrected chi connectivity index (χ4v) is 5.29. The highest BCUT2D eigenvalue weighted by Gasteiger charge is 2.22. The summed E-state index contributed by atoms with van der Waals surface area (Å²) in [6.45, 7) is 2.27. The Balaban J connectivity index is 1.33. The van der Waals surface area contributed by atoms with Gasteiger partial charge in [-0.1, -0.05) is 71.1 Å². The van der Waals surface area contributed by atoms with Crippen molar-refractivity contribution in [3.63, 3.8) is 0 Å². The standard InChI is InChI=1S/C26H38N2O2S/c1-3-4-5-6-7-8-9-10-11-12-13-14-24(29)27-26-28-25-22-17-16-21(30-2)19-20(22)15-18-23(25)31-26/h16-17,19H,3-15,18H2,1-2H3,(H,27,28,29). The zero-order valence-electron chi connectivity index (χ0n) is 19.3. The maximum absolute atomic E-state index is 12.4. The van der Waals surface area contributed by atoms with Crippen molar-refractivity contribution in [3.05, 3.63) is 28.6 Å². The molecule has 0 spiro atoms.